The molecule has 5 nitrogen and oxygen atoms in total. The number of rotatable bonds is 6. The Morgan fingerprint density at radius 1 is 1.32 bits per heavy atom. The standard InChI is InChI=1S/C17H22N2O3/c1-13-12-17(22-18-13)14-6-5-9-19(14)10-11-21-16-8-4-3-7-15(16)20-2/h3-4,7-8,12,14H,5-6,9-11H2,1-2H3/t14-/m1/s1. The first kappa shape index (κ1) is 14.9. The lowest BCUT2D eigenvalue weighted by atomic mass is 10.1. The lowest BCUT2D eigenvalue weighted by molar-refractivity contribution is 0.173. The Bertz CT molecular complexity index is 611. The third-order valence-corrected chi connectivity index (χ3v) is 4.04. The molecule has 1 saturated heterocycles. The van der Waals surface area contributed by atoms with E-state index < -0.39 is 0 Å². The molecule has 1 aromatic carbocycles. The van der Waals surface area contributed by atoms with Gasteiger partial charge in [0.2, 0.25) is 0 Å². The van der Waals surface area contributed by atoms with E-state index in [-0.39, 0.29) is 0 Å². The molecule has 0 bridgehead atoms. The number of likely N-dealkylation sites (tertiary alicyclic amines) is 1. The van der Waals surface area contributed by atoms with Gasteiger partial charge in [0.05, 0.1) is 18.8 Å². The molecular formula is C17H22N2O3. The van der Waals surface area contributed by atoms with Crippen LogP contribution in [0.5, 0.6) is 11.5 Å². The zero-order valence-corrected chi connectivity index (χ0v) is 13.1. The fourth-order valence-electron chi connectivity index (χ4n) is 2.97. The van der Waals surface area contributed by atoms with E-state index in [0.717, 1.165) is 42.5 Å². The van der Waals surface area contributed by atoms with Gasteiger partial charge in [-0.2, -0.15) is 0 Å². The van der Waals surface area contributed by atoms with Crippen LogP contribution in [0.25, 0.3) is 0 Å². The van der Waals surface area contributed by atoms with Gasteiger partial charge in [-0.15, -0.1) is 0 Å². The van der Waals surface area contributed by atoms with Crippen molar-refractivity contribution in [1.29, 1.82) is 0 Å². The summed E-state index contributed by atoms with van der Waals surface area (Å²) >= 11 is 0. The van der Waals surface area contributed by atoms with Crippen molar-refractivity contribution in [3.8, 4) is 11.5 Å². The van der Waals surface area contributed by atoms with E-state index >= 15 is 0 Å². The topological polar surface area (TPSA) is 47.7 Å². The first-order chi connectivity index (χ1) is 10.8. The van der Waals surface area contributed by atoms with Crippen LogP contribution in [0.3, 0.4) is 0 Å². The molecule has 0 saturated carbocycles. The molecule has 118 valence electrons. The maximum atomic E-state index is 5.87. The van der Waals surface area contributed by atoms with Crippen molar-refractivity contribution in [1.82, 2.24) is 10.1 Å². The van der Waals surface area contributed by atoms with E-state index in [1.54, 1.807) is 7.11 Å². The molecule has 1 aliphatic heterocycles. The third-order valence-electron chi connectivity index (χ3n) is 4.04. The number of para-hydroxylation sites is 2. The van der Waals surface area contributed by atoms with Crippen LogP contribution in [0.4, 0.5) is 0 Å². The van der Waals surface area contributed by atoms with Crippen molar-refractivity contribution >= 4 is 0 Å². The van der Waals surface area contributed by atoms with Gasteiger partial charge in [-0.05, 0) is 38.4 Å². The number of hydrogen-bond donors (Lipinski definition) is 0. The monoisotopic (exact) mass is 302 g/mol. The summed E-state index contributed by atoms with van der Waals surface area (Å²) in [4.78, 5) is 2.40. The number of aryl methyl sites for hydroxylation is 1. The Kier molecular flexibility index (Phi) is 4.63. The molecule has 5 heteroatoms. The molecule has 2 heterocycles. The first-order valence-corrected chi connectivity index (χ1v) is 7.71. The number of aromatic nitrogens is 1. The maximum Gasteiger partial charge on any atom is 0.161 e. The molecule has 1 aromatic heterocycles. The van der Waals surface area contributed by atoms with Gasteiger partial charge >= 0.3 is 0 Å². The van der Waals surface area contributed by atoms with Gasteiger partial charge in [-0.1, -0.05) is 17.3 Å². The average molecular weight is 302 g/mol. The van der Waals surface area contributed by atoms with Crippen molar-refractivity contribution in [3.05, 3.63) is 41.8 Å². The van der Waals surface area contributed by atoms with Crippen LogP contribution >= 0.6 is 0 Å². The van der Waals surface area contributed by atoms with Crippen LogP contribution in [-0.4, -0.2) is 36.9 Å². The molecule has 0 unspecified atom stereocenters. The Labute approximate surface area is 130 Å². The summed E-state index contributed by atoms with van der Waals surface area (Å²) in [6.07, 6.45) is 2.29. The van der Waals surface area contributed by atoms with E-state index in [2.05, 4.69) is 10.1 Å². The van der Waals surface area contributed by atoms with E-state index in [1.165, 1.54) is 6.42 Å². The zero-order chi connectivity index (χ0) is 15.4. The minimum atomic E-state index is 0.322. The minimum absolute atomic E-state index is 0.322. The molecule has 0 spiro atoms. The second kappa shape index (κ2) is 6.83. The number of nitrogens with zero attached hydrogens (tertiary/aromatic N) is 2. The van der Waals surface area contributed by atoms with Crippen molar-refractivity contribution in [2.75, 3.05) is 26.8 Å². The highest BCUT2D eigenvalue weighted by molar-refractivity contribution is 5.39. The second-order valence-electron chi connectivity index (χ2n) is 5.56. The normalized spacial score (nSPS) is 18.5. The molecule has 2 aromatic rings. The molecular weight excluding hydrogens is 280 g/mol. The highest BCUT2D eigenvalue weighted by Crippen LogP contribution is 2.32. The predicted octanol–water partition coefficient (Wildman–Crippen LogP) is 3.21. The van der Waals surface area contributed by atoms with Gasteiger partial charge in [0.1, 0.15) is 6.61 Å². The fourth-order valence-corrected chi connectivity index (χ4v) is 2.97. The van der Waals surface area contributed by atoms with Crippen LogP contribution in [0.2, 0.25) is 0 Å². The SMILES string of the molecule is COc1ccccc1OCCN1CCC[C@@H]1c1cc(C)no1. The molecule has 0 amide bonds. The minimum Gasteiger partial charge on any atom is -0.493 e. The number of methoxy groups -OCH3 is 1. The summed E-state index contributed by atoms with van der Waals surface area (Å²) in [6, 6.07) is 10.1. The lowest BCUT2D eigenvalue weighted by Crippen LogP contribution is -2.28. The smallest absolute Gasteiger partial charge is 0.161 e. The summed E-state index contributed by atoms with van der Waals surface area (Å²) in [5.41, 5.74) is 0.937. The van der Waals surface area contributed by atoms with Gasteiger partial charge in [0.25, 0.3) is 0 Å². The second-order valence-corrected chi connectivity index (χ2v) is 5.56. The summed E-state index contributed by atoms with van der Waals surface area (Å²) < 4.78 is 16.6. The van der Waals surface area contributed by atoms with E-state index in [0.29, 0.717) is 12.6 Å². The average Bonchev–Trinajstić information content (AvgIpc) is 3.16. The summed E-state index contributed by atoms with van der Waals surface area (Å²) in [5.74, 6) is 2.52. The first-order valence-electron chi connectivity index (χ1n) is 7.71. The summed E-state index contributed by atoms with van der Waals surface area (Å²) in [5, 5.41) is 4.00. The molecule has 0 N–H and O–H groups in total. The Balaban J connectivity index is 1.56. The predicted molar refractivity (Wildman–Crippen MR) is 83.3 cm³/mol. The Morgan fingerprint density at radius 2 is 2.14 bits per heavy atom. The molecule has 1 fully saturated rings. The number of ether oxygens (including phenoxy) is 2. The van der Waals surface area contributed by atoms with Crippen LogP contribution < -0.4 is 9.47 Å². The highest BCUT2D eigenvalue weighted by Gasteiger charge is 2.28. The van der Waals surface area contributed by atoms with Crippen LogP contribution in [0, 0.1) is 6.92 Å². The lowest BCUT2D eigenvalue weighted by Gasteiger charge is -2.22. The molecule has 22 heavy (non-hydrogen) atoms. The van der Waals surface area contributed by atoms with Crippen molar-refractivity contribution < 1.29 is 14.0 Å². The van der Waals surface area contributed by atoms with Crippen LogP contribution in [-0.2, 0) is 0 Å². The third kappa shape index (κ3) is 3.25. The molecule has 1 atom stereocenters. The summed E-state index contributed by atoms with van der Waals surface area (Å²) in [7, 11) is 1.66. The van der Waals surface area contributed by atoms with Gasteiger partial charge in [-0.3, -0.25) is 4.90 Å². The van der Waals surface area contributed by atoms with E-state index in [4.69, 9.17) is 14.0 Å². The molecule has 0 radical (unpaired) electrons. The van der Waals surface area contributed by atoms with Crippen molar-refractivity contribution in [2.24, 2.45) is 0 Å². The Hall–Kier alpha value is -2.01. The van der Waals surface area contributed by atoms with Crippen molar-refractivity contribution in [3.63, 3.8) is 0 Å². The zero-order valence-electron chi connectivity index (χ0n) is 13.1. The number of hydrogen-bond acceptors (Lipinski definition) is 5. The maximum absolute atomic E-state index is 5.87. The van der Waals surface area contributed by atoms with E-state index in [1.807, 2.05) is 37.3 Å². The van der Waals surface area contributed by atoms with Crippen LogP contribution in [0.15, 0.2) is 34.9 Å². The fraction of sp³-hybridized carbons (Fsp3) is 0.471. The largest absolute Gasteiger partial charge is 0.493 e. The molecule has 1 aliphatic rings. The van der Waals surface area contributed by atoms with Gasteiger partial charge in [-0.25, -0.2) is 0 Å². The van der Waals surface area contributed by atoms with Crippen molar-refractivity contribution in [2.45, 2.75) is 25.8 Å². The molecule has 3 rings (SSSR count). The Morgan fingerprint density at radius 3 is 2.86 bits per heavy atom. The summed E-state index contributed by atoms with van der Waals surface area (Å²) in [6.45, 7) is 4.52. The van der Waals surface area contributed by atoms with Crippen LogP contribution in [0.1, 0.15) is 30.3 Å². The highest BCUT2D eigenvalue weighted by atomic mass is 16.5. The van der Waals surface area contributed by atoms with Gasteiger partial charge in [0, 0.05) is 12.6 Å². The molecule has 0 aliphatic carbocycles. The van der Waals surface area contributed by atoms with E-state index in [9.17, 15) is 0 Å². The quantitative estimate of drug-likeness (QED) is 0.820. The van der Waals surface area contributed by atoms with Gasteiger partial charge < -0.3 is 14.0 Å². The number of benzene rings is 1. The van der Waals surface area contributed by atoms with Gasteiger partial charge in [0.15, 0.2) is 17.3 Å².